The van der Waals surface area contributed by atoms with Crippen LogP contribution in [-0.4, -0.2) is 15.0 Å². The molecule has 0 amide bonds. The summed E-state index contributed by atoms with van der Waals surface area (Å²) in [5.74, 6) is 0. The number of benzene rings is 1. The van der Waals surface area contributed by atoms with E-state index in [9.17, 15) is 8.42 Å². The second-order valence-electron chi connectivity index (χ2n) is 2.94. The fourth-order valence-corrected chi connectivity index (χ4v) is 1.93. The van der Waals surface area contributed by atoms with Crippen LogP contribution in [0.2, 0.25) is 0 Å². The first-order valence-corrected chi connectivity index (χ1v) is 6.02. The third-order valence-electron chi connectivity index (χ3n) is 1.77. The first-order valence-electron chi connectivity index (χ1n) is 4.61. The monoisotopic (exact) mass is 254 g/mol. The summed E-state index contributed by atoms with van der Waals surface area (Å²) in [4.78, 5) is 0.219. The maximum Gasteiger partial charge on any atom is 1.00 e. The Labute approximate surface area is 135 Å². The molecule has 0 heterocycles. The summed E-state index contributed by atoms with van der Waals surface area (Å²) < 4.78 is 27.8. The van der Waals surface area contributed by atoms with Gasteiger partial charge in [-0.15, -0.1) is 0 Å². The van der Waals surface area contributed by atoms with Crippen LogP contribution in [0.25, 0.3) is 0 Å². The van der Waals surface area contributed by atoms with Crippen molar-refractivity contribution < 1.29 is 65.4 Å². The Morgan fingerprint density at radius 3 is 2.40 bits per heavy atom. The van der Waals surface area contributed by atoms with Crippen molar-refractivity contribution in [1.29, 1.82) is 0 Å². The summed E-state index contributed by atoms with van der Waals surface area (Å²) in [6.45, 7) is 2.24. The first-order chi connectivity index (χ1) is 6.67. The molecule has 0 aromatic heterocycles. The van der Waals surface area contributed by atoms with Gasteiger partial charge in [-0.2, -0.15) is 8.42 Å². The van der Waals surface area contributed by atoms with Crippen molar-refractivity contribution in [3.05, 3.63) is 30.3 Å². The molecule has 1 aromatic carbocycles. The van der Waals surface area contributed by atoms with Crippen molar-refractivity contribution >= 4 is 10.1 Å². The van der Waals surface area contributed by atoms with Gasteiger partial charge in [0.1, 0.15) is 0 Å². The van der Waals surface area contributed by atoms with E-state index in [2.05, 4.69) is 0 Å². The molecule has 5 heteroatoms. The first kappa shape index (κ1) is 15.8. The molecule has 0 aliphatic heterocycles. The van der Waals surface area contributed by atoms with Gasteiger partial charge in [0.15, 0.2) is 0 Å². The van der Waals surface area contributed by atoms with Gasteiger partial charge in [0.25, 0.3) is 10.1 Å². The Kier molecular flexibility index (Phi) is 8.35. The van der Waals surface area contributed by atoms with Crippen LogP contribution in [0.1, 0.15) is 21.2 Å². The molecule has 0 saturated carbocycles. The quantitative estimate of drug-likeness (QED) is 0.397. The maximum absolute atomic E-state index is 11.5. The van der Waals surface area contributed by atoms with Gasteiger partial charge < -0.3 is 1.43 Å². The summed E-state index contributed by atoms with van der Waals surface area (Å²) in [6.07, 6.45) is 1.68. The normalized spacial score (nSPS) is 10.7. The van der Waals surface area contributed by atoms with Crippen LogP contribution in [0.3, 0.4) is 0 Å². The Bertz CT molecular complexity index is 367. The van der Waals surface area contributed by atoms with Crippen LogP contribution >= 0.6 is 0 Å². The molecule has 0 spiro atoms. The zero-order chi connectivity index (χ0) is 10.4. The van der Waals surface area contributed by atoms with Gasteiger partial charge in [-0.25, -0.2) is 0 Å². The summed E-state index contributed by atoms with van der Waals surface area (Å²) in [7, 11) is -3.53. The molecular weight excluding hydrogens is 239 g/mol. The third-order valence-corrected chi connectivity index (χ3v) is 3.09. The Morgan fingerprint density at radius 2 is 1.87 bits per heavy atom. The van der Waals surface area contributed by atoms with Crippen LogP contribution in [-0.2, 0) is 14.3 Å². The van der Waals surface area contributed by atoms with Crippen LogP contribution in [0.5, 0.6) is 0 Å². The Balaban J connectivity index is 0. The van der Waals surface area contributed by atoms with E-state index in [0.29, 0.717) is 0 Å². The van der Waals surface area contributed by atoms with E-state index in [-0.39, 0.29) is 64.3 Å². The zero-order valence-corrected chi connectivity index (χ0v) is 13.1. The number of unbranched alkanes of at least 4 members (excludes halogenated alkanes) is 1. The third kappa shape index (κ3) is 5.58. The molecule has 0 fully saturated rings. The van der Waals surface area contributed by atoms with E-state index in [1.54, 1.807) is 18.2 Å². The van der Waals surface area contributed by atoms with E-state index in [1.165, 1.54) is 12.1 Å². The minimum atomic E-state index is -3.53. The van der Waals surface area contributed by atoms with E-state index < -0.39 is 10.1 Å². The van der Waals surface area contributed by atoms with E-state index >= 15 is 0 Å². The minimum absolute atomic E-state index is 0. The number of hydrogen-bond acceptors (Lipinski definition) is 3. The van der Waals surface area contributed by atoms with Crippen molar-refractivity contribution in [3.63, 3.8) is 0 Å². The van der Waals surface area contributed by atoms with Gasteiger partial charge in [-0.1, -0.05) is 31.5 Å². The van der Waals surface area contributed by atoms with Crippen LogP contribution < -0.4 is 51.4 Å². The van der Waals surface area contributed by atoms with E-state index in [1.807, 2.05) is 6.92 Å². The van der Waals surface area contributed by atoms with Crippen LogP contribution in [0, 0.1) is 0 Å². The zero-order valence-electron chi connectivity index (χ0n) is 10.1. The van der Waals surface area contributed by atoms with Gasteiger partial charge in [-0.3, -0.25) is 4.18 Å². The smallest absolute Gasteiger partial charge is 1.00 e. The number of rotatable bonds is 5. The van der Waals surface area contributed by atoms with Crippen LogP contribution in [0.4, 0.5) is 0 Å². The van der Waals surface area contributed by atoms with Gasteiger partial charge in [-0.05, 0) is 18.6 Å². The molecule has 15 heavy (non-hydrogen) atoms. The number of hydrogen-bond donors (Lipinski definition) is 0. The molecule has 0 bridgehead atoms. The second kappa shape index (κ2) is 7.95. The summed E-state index contributed by atoms with van der Waals surface area (Å²) >= 11 is 0. The average molecular weight is 254 g/mol. The van der Waals surface area contributed by atoms with Crippen molar-refractivity contribution in [3.8, 4) is 0 Å². The molecule has 0 radical (unpaired) electrons. The van der Waals surface area contributed by atoms with Gasteiger partial charge in [0.2, 0.25) is 0 Å². The molecule has 1 rings (SSSR count). The standard InChI is InChI=1S/C10H14O3S.K.H/c1-2-3-9-13-14(11,12)10-7-5-4-6-8-10;;/h4-8H,2-3,9H2,1H3;;/q;+1;-1. The second-order valence-corrected chi connectivity index (χ2v) is 4.56. The predicted octanol–water partition coefficient (Wildman–Crippen LogP) is -0.691. The molecule has 0 N–H and O–H groups in total. The van der Waals surface area contributed by atoms with E-state index in [4.69, 9.17) is 4.18 Å². The maximum atomic E-state index is 11.5. The molecule has 1 aromatic rings. The Hall–Kier alpha value is 0.766. The van der Waals surface area contributed by atoms with Crippen molar-refractivity contribution in [2.45, 2.75) is 24.7 Å². The molecular formula is C10H15KO3S. The summed E-state index contributed by atoms with van der Waals surface area (Å²) in [5, 5.41) is 0. The molecule has 0 atom stereocenters. The fraction of sp³-hybridized carbons (Fsp3) is 0.400. The van der Waals surface area contributed by atoms with Crippen LogP contribution in [0.15, 0.2) is 35.2 Å². The molecule has 0 unspecified atom stereocenters. The van der Waals surface area contributed by atoms with E-state index in [0.717, 1.165) is 12.8 Å². The molecule has 0 saturated heterocycles. The topological polar surface area (TPSA) is 43.4 Å². The van der Waals surface area contributed by atoms with Gasteiger partial charge in [0, 0.05) is 0 Å². The SMILES string of the molecule is CCCCOS(=O)(=O)c1ccccc1.[H-].[K+]. The minimum Gasteiger partial charge on any atom is -1.00 e. The van der Waals surface area contributed by atoms with Gasteiger partial charge in [0.05, 0.1) is 11.5 Å². The average Bonchev–Trinajstić information content (AvgIpc) is 2.19. The summed E-state index contributed by atoms with van der Waals surface area (Å²) in [6, 6.07) is 8.18. The molecule has 80 valence electrons. The van der Waals surface area contributed by atoms with Crippen molar-refractivity contribution in [2.24, 2.45) is 0 Å². The molecule has 0 aliphatic rings. The van der Waals surface area contributed by atoms with Gasteiger partial charge >= 0.3 is 51.4 Å². The largest absolute Gasteiger partial charge is 1.00 e. The summed E-state index contributed by atoms with van der Waals surface area (Å²) in [5.41, 5.74) is 0. The van der Waals surface area contributed by atoms with Crippen molar-refractivity contribution in [1.82, 2.24) is 0 Å². The Morgan fingerprint density at radius 1 is 1.27 bits per heavy atom. The predicted molar refractivity (Wildman–Crippen MR) is 55.6 cm³/mol. The van der Waals surface area contributed by atoms with Crippen molar-refractivity contribution in [2.75, 3.05) is 6.61 Å². The molecule has 3 nitrogen and oxygen atoms in total. The fourth-order valence-electron chi connectivity index (χ4n) is 0.968. The molecule has 0 aliphatic carbocycles.